The van der Waals surface area contributed by atoms with Gasteiger partial charge in [-0.15, -0.1) is 0 Å². The van der Waals surface area contributed by atoms with E-state index in [1.54, 1.807) is 28.8 Å². The van der Waals surface area contributed by atoms with E-state index in [0.29, 0.717) is 28.8 Å². The quantitative estimate of drug-likeness (QED) is 0.415. The molecule has 1 atom stereocenters. The highest BCUT2D eigenvalue weighted by Gasteiger charge is 2.30. The monoisotopic (exact) mass is 540 g/mol. The zero-order valence-electron chi connectivity index (χ0n) is 23.2. The molecule has 0 radical (unpaired) electrons. The SMILES string of the molecule is CC(C)CN1CCCC(N2CCC(c3ccc4nc(-c5ccc(S(C)(=O)=O)cc5)n(C)c4c3F)CC2)CC1. The minimum Gasteiger partial charge on any atom is -0.325 e. The van der Waals surface area contributed by atoms with Gasteiger partial charge in [-0.1, -0.05) is 19.9 Å². The largest absolute Gasteiger partial charge is 0.325 e. The summed E-state index contributed by atoms with van der Waals surface area (Å²) in [7, 11) is -1.44. The second-order valence-electron chi connectivity index (χ2n) is 11.7. The average Bonchev–Trinajstić information content (AvgIpc) is 3.05. The van der Waals surface area contributed by atoms with Crippen molar-refractivity contribution in [1.82, 2.24) is 19.4 Å². The third-order valence-corrected chi connectivity index (χ3v) is 9.57. The van der Waals surface area contributed by atoms with Gasteiger partial charge in [-0.25, -0.2) is 17.8 Å². The lowest BCUT2D eigenvalue weighted by Crippen LogP contribution is -2.41. The van der Waals surface area contributed by atoms with E-state index < -0.39 is 9.84 Å². The lowest BCUT2D eigenvalue weighted by molar-refractivity contribution is 0.136. The molecule has 0 amide bonds. The maximum Gasteiger partial charge on any atom is 0.175 e. The van der Waals surface area contributed by atoms with Crippen molar-refractivity contribution in [2.45, 2.75) is 62.8 Å². The van der Waals surface area contributed by atoms with Gasteiger partial charge in [-0.3, -0.25) is 0 Å². The van der Waals surface area contributed by atoms with Gasteiger partial charge in [0.25, 0.3) is 0 Å². The molecule has 6 nitrogen and oxygen atoms in total. The molecular formula is C30H41FN4O2S. The lowest BCUT2D eigenvalue weighted by Gasteiger charge is -2.37. The number of hydrogen-bond acceptors (Lipinski definition) is 5. The molecule has 0 N–H and O–H groups in total. The summed E-state index contributed by atoms with van der Waals surface area (Å²) in [4.78, 5) is 10.2. The molecule has 0 bridgehead atoms. The maximum absolute atomic E-state index is 16.0. The van der Waals surface area contributed by atoms with Gasteiger partial charge in [0.15, 0.2) is 15.7 Å². The van der Waals surface area contributed by atoms with Crippen molar-refractivity contribution in [1.29, 1.82) is 0 Å². The summed E-state index contributed by atoms with van der Waals surface area (Å²) in [6.07, 6.45) is 6.92. The van der Waals surface area contributed by atoms with E-state index >= 15 is 4.39 Å². The number of imidazole rings is 1. The summed E-state index contributed by atoms with van der Waals surface area (Å²) in [5, 5.41) is 0. The van der Waals surface area contributed by atoms with E-state index in [1.165, 1.54) is 45.2 Å². The molecule has 0 spiro atoms. The van der Waals surface area contributed by atoms with Gasteiger partial charge in [0, 0.05) is 31.5 Å². The van der Waals surface area contributed by atoms with E-state index in [2.05, 4.69) is 28.6 Å². The first-order chi connectivity index (χ1) is 18.1. The second kappa shape index (κ2) is 11.1. The van der Waals surface area contributed by atoms with Crippen molar-refractivity contribution in [3.63, 3.8) is 0 Å². The van der Waals surface area contributed by atoms with Gasteiger partial charge >= 0.3 is 0 Å². The number of sulfone groups is 1. The number of fused-ring (bicyclic) bond motifs is 1. The molecule has 8 heteroatoms. The molecule has 2 saturated heterocycles. The Morgan fingerprint density at radius 3 is 2.34 bits per heavy atom. The first kappa shape index (κ1) is 27.3. The first-order valence-corrected chi connectivity index (χ1v) is 15.9. The van der Waals surface area contributed by atoms with Crippen LogP contribution in [0.1, 0.15) is 57.4 Å². The van der Waals surface area contributed by atoms with Crippen LogP contribution in [-0.2, 0) is 16.9 Å². The molecule has 2 fully saturated rings. The standard InChI is InChI=1S/C30H41FN4O2S/c1-21(2)20-34-16-5-6-24(15-17-34)35-18-13-22(14-19-35)26-11-12-27-29(28(26)31)33(3)30(32-27)23-7-9-25(10-8-23)38(4,36)37/h7-12,21-22,24H,5-6,13-20H2,1-4H3. The lowest BCUT2D eigenvalue weighted by atomic mass is 9.87. The van der Waals surface area contributed by atoms with E-state index in [9.17, 15) is 8.42 Å². The average molecular weight is 541 g/mol. The van der Waals surface area contributed by atoms with Crippen LogP contribution in [-0.4, -0.2) is 72.8 Å². The van der Waals surface area contributed by atoms with E-state index in [-0.39, 0.29) is 16.6 Å². The number of piperidine rings is 1. The van der Waals surface area contributed by atoms with Gasteiger partial charge in [0.1, 0.15) is 11.3 Å². The molecule has 0 aliphatic carbocycles. The van der Waals surface area contributed by atoms with Crippen LogP contribution in [0.2, 0.25) is 0 Å². The number of rotatable bonds is 6. The summed E-state index contributed by atoms with van der Waals surface area (Å²) in [5.74, 6) is 1.39. The Hall–Kier alpha value is -2.29. The summed E-state index contributed by atoms with van der Waals surface area (Å²) in [6, 6.07) is 11.1. The van der Waals surface area contributed by atoms with Crippen molar-refractivity contribution in [3.8, 4) is 11.4 Å². The molecule has 3 aromatic rings. The predicted octanol–water partition coefficient (Wildman–Crippen LogP) is 5.47. The van der Waals surface area contributed by atoms with Crippen molar-refractivity contribution < 1.29 is 12.8 Å². The molecule has 0 saturated carbocycles. The highest BCUT2D eigenvalue weighted by molar-refractivity contribution is 7.90. The van der Waals surface area contributed by atoms with Crippen molar-refractivity contribution in [2.24, 2.45) is 13.0 Å². The fraction of sp³-hybridized carbons (Fsp3) is 0.567. The zero-order chi connectivity index (χ0) is 27.0. The second-order valence-corrected chi connectivity index (χ2v) is 13.7. The van der Waals surface area contributed by atoms with Crippen LogP contribution in [0.3, 0.4) is 0 Å². The number of aromatic nitrogens is 2. The molecular weight excluding hydrogens is 499 g/mol. The molecule has 3 heterocycles. The Morgan fingerprint density at radius 2 is 1.68 bits per heavy atom. The topological polar surface area (TPSA) is 58.4 Å². The van der Waals surface area contributed by atoms with Gasteiger partial charge in [-0.05, 0) is 106 Å². The Bertz CT molecular complexity index is 1380. The van der Waals surface area contributed by atoms with Crippen LogP contribution in [0.4, 0.5) is 4.39 Å². The molecule has 2 aliphatic heterocycles. The normalized spacial score (nSPS) is 20.8. The minimum atomic E-state index is -3.27. The Kier molecular flexibility index (Phi) is 7.94. The van der Waals surface area contributed by atoms with Crippen molar-refractivity contribution in [3.05, 3.63) is 47.8 Å². The number of halogens is 1. The Balaban J connectivity index is 1.29. The third kappa shape index (κ3) is 5.68. The molecule has 206 valence electrons. The van der Waals surface area contributed by atoms with Crippen LogP contribution in [0.25, 0.3) is 22.4 Å². The molecule has 5 rings (SSSR count). The van der Waals surface area contributed by atoms with Gasteiger partial charge in [0.2, 0.25) is 0 Å². The van der Waals surface area contributed by atoms with Crippen LogP contribution in [0.5, 0.6) is 0 Å². The first-order valence-electron chi connectivity index (χ1n) is 14.0. The van der Waals surface area contributed by atoms with Crippen LogP contribution >= 0.6 is 0 Å². The predicted molar refractivity (Wildman–Crippen MR) is 152 cm³/mol. The number of nitrogens with zero attached hydrogens (tertiary/aromatic N) is 4. The van der Waals surface area contributed by atoms with Crippen molar-refractivity contribution >= 4 is 20.9 Å². The number of aryl methyl sites for hydroxylation is 1. The number of hydrogen-bond donors (Lipinski definition) is 0. The summed E-state index contributed by atoms with van der Waals surface area (Å²) in [6.45, 7) is 10.2. The molecule has 1 unspecified atom stereocenters. The number of likely N-dealkylation sites (tertiary alicyclic amines) is 2. The Morgan fingerprint density at radius 1 is 0.974 bits per heavy atom. The summed E-state index contributed by atoms with van der Waals surface area (Å²) in [5.41, 5.74) is 2.70. The summed E-state index contributed by atoms with van der Waals surface area (Å²) < 4.78 is 41.4. The fourth-order valence-electron chi connectivity index (χ4n) is 6.48. The van der Waals surface area contributed by atoms with Crippen LogP contribution in [0.15, 0.2) is 41.3 Å². The van der Waals surface area contributed by atoms with Gasteiger partial charge < -0.3 is 14.4 Å². The van der Waals surface area contributed by atoms with E-state index in [0.717, 1.165) is 37.1 Å². The zero-order valence-corrected chi connectivity index (χ0v) is 24.0. The third-order valence-electron chi connectivity index (χ3n) is 8.44. The van der Waals surface area contributed by atoms with Gasteiger partial charge in [-0.2, -0.15) is 0 Å². The summed E-state index contributed by atoms with van der Waals surface area (Å²) >= 11 is 0. The number of benzene rings is 2. The fourth-order valence-corrected chi connectivity index (χ4v) is 7.11. The van der Waals surface area contributed by atoms with E-state index in [4.69, 9.17) is 0 Å². The minimum absolute atomic E-state index is 0.172. The van der Waals surface area contributed by atoms with E-state index in [1.807, 2.05) is 19.2 Å². The van der Waals surface area contributed by atoms with Crippen molar-refractivity contribution in [2.75, 3.05) is 39.0 Å². The maximum atomic E-state index is 16.0. The highest BCUT2D eigenvalue weighted by atomic mass is 32.2. The highest BCUT2D eigenvalue weighted by Crippen LogP contribution is 2.36. The molecule has 2 aliphatic rings. The van der Waals surface area contributed by atoms with Crippen LogP contribution < -0.4 is 0 Å². The molecule has 1 aromatic heterocycles. The molecule has 38 heavy (non-hydrogen) atoms. The molecule has 2 aromatic carbocycles. The Labute approximate surface area is 226 Å². The van der Waals surface area contributed by atoms with Gasteiger partial charge in [0.05, 0.1) is 10.4 Å². The smallest absolute Gasteiger partial charge is 0.175 e. The van der Waals surface area contributed by atoms with Crippen LogP contribution in [0, 0.1) is 11.7 Å².